The van der Waals surface area contributed by atoms with Crippen LogP contribution in [0.15, 0.2) is 18.2 Å². The molecule has 1 aromatic rings. The predicted molar refractivity (Wildman–Crippen MR) is 73.4 cm³/mol. The lowest BCUT2D eigenvalue weighted by atomic mass is 10.1. The molecule has 0 saturated heterocycles. The molecule has 0 unspecified atom stereocenters. The van der Waals surface area contributed by atoms with Gasteiger partial charge in [0.15, 0.2) is 0 Å². The highest BCUT2D eigenvalue weighted by Gasteiger charge is 2.57. The van der Waals surface area contributed by atoms with E-state index in [1.165, 1.54) is 0 Å². The first-order valence-electron chi connectivity index (χ1n) is 6.20. The number of hydrogen-bond acceptors (Lipinski definition) is 3. The number of nitrogens with one attached hydrogen (secondary N) is 1. The Bertz CT molecular complexity index is 533. The number of nitrogens with zero attached hydrogens (tertiary/aromatic N) is 1. The predicted octanol–water partition coefficient (Wildman–Crippen LogP) is 1.86. The molecule has 5 nitrogen and oxygen atoms in total. The van der Waals surface area contributed by atoms with E-state index in [-0.39, 0.29) is 0 Å². The van der Waals surface area contributed by atoms with Crippen LogP contribution in [0.5, 0.6) is 0 Å². The zero-order valence-electron chi connectivity index (χ0n) is 11.4. The molecule has 0 spiro atoms. The zero-order valence-corrected chi connectivity index (χ0v) is 11.4. The van der Waals surface area contributed by atoms with E-state index in [2.05, 4.69) is 5.32 Å². The van der Waals surface area contributed by atoms with E-state index in [9.17, 15) is 9.59 Å². The number of rotatable bonds is 4. The third-order valence-corrected chi connectivity index (χ3v) is 3.54. The first-order chi connectivity index (χ1) is 8.86. The van der Waals surface area contributed by atoms with Crippen LogP contribution in [-0.2, 0) is 9.59 Å². The molecule has 0 aromatic heterocycles. The molecule has 1 saturated carbocycles. The molecule has 1 aliphatic rings. The Balaban J connectivity index is 2.18. The van der Waals surface area contributed by atoms with Crippen molar-refractivity contribution in [2.75, 3.05) is 24.3 Å². The Kier molecular flexibility index (Phi) is 3.22. The summed E-state index contributed by atoms with van der Waals surface area (Å²) in [6.45, 7) is 1.99. The second-order valence-corrected chi connectivity index (χ2v) is 5.24. The third-order valence-electron chi connectivity index (χ3n) is 3.54. The standard InChI is InChI=1S/C14H18N2O3/c1-9-4-5-10(8-11(9)16(2)3)15-12(17)14(6-7-14)13(18)19/h4-5,8H,6-7H2,1-3H3,(H,15,17)(H,18,19). The molecule has 0 heterocycles. The number of amides is 1. The largest absolute Gasteiger partial charge is 0.480 e. The van der Waals surface area contributed by atoms with Gasteiger partial charge in [-0.1, -0.05) is 6.07 Å². The Morgan fingerprint density at radius 3 is 2.42 bits per heavy atom. The summed E-state index contributed by atoms with van der Waals surface area (Å²) in [7, 11) is 3.85. The molecule has 2 rings (SSSR count). The van der Waals surface area contributed by atoms with Crippen molar-refractivity contribution in [1.82, 2.24) is 0 Å². The van der Waals surface area contributed by atoms with Gasteiger partial charge >= 0.3 is 5.97 Å². The van der Waals surface area contributed by atoms with Gasteiger partial charge < -0.3 is 15.3 Å². The van der Waals surface area contributed by atoms with Crippen molar-refractivity contribution < 1.29 is 14.7 Å². The van der Waals surface area contributed by atoms with E-state index in [1.807, 2.05) is 38.1 Å². The highest BCUT2D eigenvalue weighted by molar-refractivity contribution is 6.10. The SMILES string of the molecule is Cc1ccc(NC(=O)C2(C(=O)O)CC2)cc1N(C)C. The summed E-state index contributed by atoms with van der Waals surface area (Å²) in [4.78, 5) is 25.0. The molecule has 1 aliphatic carbocycles. The summed E-state index contributed by atoms with van der Waals surface area (Å²) in [6, 6.07) is 5.55. The van der Waals surface area contributed by atoms with Gasteiger partial charge in [-0.2, -0.15) is 0 Å². The average molecular weight is 262 g/mol. The molecule has 5 heteroatoms. The molecular weight excluding hydrogens is 244 g/mol. The Morgan fingerprint density at radius 1 is 1.32 bits per heavy atom. The fourth-order valence-corrected chi connectivity index (χ4v) is 2.08. The van der Waals surface area contributed by atoms with E-state index in [4.69, 9.17) is 5.11 Å². The summed E-state index contributed by atoms with van der Waals surface area (Å²) < 4.78 is 0. The van der Waals surface area contributed by atoms with Crippen molar-refractivity contribution in [3.63, 3.8) is 0 Å². The van der Waals surface area contributed by atoms with Gasteiger partial charge in [0.1, 0.15) is 5.41 Å². The lowest BCUT2D eigenvalue weighted by molar-refractivity contribution is -0.147. The fourth-order valence-electron chi connectivity index (χ4n) is 2.08. The third kappa shape index (κ3) is 2.41. The number of carboxylic acid groups (broad SMARTS) is 1. The van der Waals surface area contributed by atoms with E-state index in [0.717, 1.165) is 11.3 Å². The maximum absolute atomic E-state index is 12.0. The number of carbonyl (C=O) groups is 2. The van der Waals surface area contributed by atoms with Gasteiger partial charge in [-0.15, -0.1) is 0 Å². The summed E-state index contributed by atoms with van der Waals surface area (Å²) >= 11 is 0. The minimum absolute atomic E-state index is 0.417. The van der Waals surface area contributed by atoms with Crippen LogP contribution in [0, 0.1) is 12.3 Å². The maximum Gasteiger partial charge on any atom is 0.319 e. The van der Waals surface area contributed by atoms with Gasteiger partial charge in [0.25, 0.3) is 0 Å². The topological polar surface area (TPSA) is 69.6 Å². The molecule has 0 atom stereocenters. The molecule has 2 N–H and O–H groups in total. The van der Waals surface area contributed by atoms with E-state index in [0.29, 0.717) is 18.5 Å². The number of carboxylic acids is 1. The number of hydrogen-bond donors (Lipinski definition) is 2. The Hall–Kier alpha value is -2.04. The van der Waals surface area contributed by atoms with Crippen LogP contribution in [0.3, 0.4) is 0 Å². The van der Waals surface area contributed by atoms with Crippen molar-refractivity contribution in [2.45, 2.75) is 19.8 Å². The quantitative estimate of drug-likeness (QED) is 0.813. The summed E-state index contributed by atoms with van der Waals surface area (Å²) in [5.74, 6) is -1.46. The average Bonchev–Trinajstić information content (AvgIpc) is 3.12. The maximum atomic E-state index is 12.0. The molecule has 1 fully saturated rings. The van der Waals surface area contributed by atoms with Crippen molar-refractivity contribution >= 4 is 23.3 Å². The lowest BCUT2D eigenvalue weighted by Gasteiger charge is -2.18. The first kappa shape index (κ1) is 13.4. The summed E-state index contributed by atoms with van der Waals surface area (Å²) in [6.07, 6.45) is 0.834. The van der Waals surface area contributed by atoms with E-state index in [1.54, 1.807) is 6.07 Å². The molecule has 1 amide bonds. The molecular formula is C14H18N2O3. The number of benzene rings is 1. The van der Waals surface area contributed by atoms with Crippen LogP contribution in [-0.4, -0.2) is 31.1 Å². The molecule has 0 radical (unpaired) electrons. The number of carbonyl (C=O) groups excluding carboxylic acids is 1. The van der Waals surface area contributed by atoms with Gasteiger partial charge in [-0.3, -0.25) is 9.59 Å². The van der Waals surface area contributed by atoms with Crippen LogP contribution in [0.25, 0.3) is 0 Å². The van der Waals surface area contributed by atoms with Crippen molar-refractivity contribution in [3.05, 3.63) is 23.8 Å². The first-order valence-corrected chi connectivity index (χ1v) is 6.20. The number of anilines is 2. The van der Waals surface area contributed by atoms with E-state index >= 15 is 0 Å². The summed E-state index contributed by atoms with van der Waals surface area (Å²) in [5.41, 5.74) is 1.52. The van der Waals surface area contributed by atoms with Crippen LogP contribution in [0.4, 0.5) is 11.4 Å². The second kappa shape index (κ2) is 4.57. The van der Waals surface area contributed by atoms with Crippen molar-refractivity contribution in [1.29, 1.82) is 0 Å². The molecule has 0 aliphatic heterocycles. The van der Waals surface area contributed by atoms with Crippen molar-refractivity contribution in [3.8, 4) is 0 Å². The molecule has 1 aromatic carbocycles. The van der Waals surface area contributed by atoms with Gasteiger partial charge in [0.05, 0.1) is 0 Å². The Labute approximate surface area is 112 Å². The normalized spacial score (nSPS) is 15.7. The minimum Gasteiger partial charge on any atom is -0.480 e. The van der Waals surface area contributed by atoms with Crippen LogP contribution >= 0.6 is 0 Å². The van der Waals surface area contributed by atoms with Gasteiger partial charge in [0, 0.05) is 25.5 Å². The summed E-state index contributed by atoms with van der Waals surface area (Å²) in [5, 5.41) is 11.8. The second-order valence-electron chi connectivity index (χ2n) is 5.24. The molecule has 0 bridgehead atoms. The fraction of sp³-hybridized carbons (Fsp3) is 0.429. The van der Waals surface area contributed by atoms with Gasteiger partial charge in [0.2, 0.25) is 5.91 Å². The number of aliphatic carboxylic acids is 1. The molecule has 19 heavy (non-hydrogen) atoms. The minimum atomic E-state index is -1.21. The van der Waals surface area contributed by atoms with E-state index < -0.39 is 17.3 Å². The van der Waals surface area contributed by atoms with Gasteiger partial charge in [-0.25, -0.2) is 0 Å². The van der Waals surface area contributed by atoms with Crippen LogP contribution in [0.1, 0.15) is 18.4 Å². The van der Waals surface area contributed by atoms with Crippen molar-refractivity contribution in [2.24, 2.45) is 5.41 Å². The molecule has 102 valence electrons. The highest BCUT2D eigenvalue weighted by Crippen LogP contribution is 2.46. The van der Waals surface area contributed by atoms with Crippen LogP contribution in [0.2, 0.25) is 0 Å². The van der Waals surface area contributed by atoms with Gasteiger partial charge in [-0.05, 0) is 37.5 Å². The zero-order chi connectivity index (χ0) is 14.2. The monoisotopic (exact) mass is 262 g/mol. The van der Waals surface area contributed by atoms with Crippen LogP contribution < -0.4 is 10.2 Å². The highest BCUT2D eigenvalue weighted by atomic mass is 16.4. The Morgan fingerprint density at radius 2 is 1.95 bits per heavy atom. The smallest absolute Gasteiger partial charge is 0.319 e. The number of aryl methyl sites for hydroxylation is 1. The lowest BCUT2D eigenvalue weighted by Crippen LogP contribution is -2.31.